The molecule has 1 aliphatic carbocycles. The zero-order valence-corrected chi connectivity index (χ0v) is 28.7. The van der Waals surface area contributed by atoms with Gasteiger partial charge in [0, 0.05) is 47.5 Å². The van der Waals surface area contributed by atoms with Crippen molar-refractivity contribution >= 4 is 47.8 Å². The maximum Gasteiger partial charge on any atom is 0.336 e. The Morgan fingerprint density at radius 1 is 0.898 bits per heavy atom. The fourth-order valence-corrected chi connectivity index (χ4v) is 6.15. The van der Waals surface area contributed by atoms with E-state index in [1.54, 1.807) is 24.3 Å². The van der Waals surface area contributed by atoms with Gasteiger partial charge in [-0.2, -0.15) is 0 Å². The molecule has 0 saturated carbocycles. The quantitative estimate of drug-likeness (QED) is 0.0223. The molecular formula is C34H41N3O10PS-. The first kappa shape index (κ1) is 37.9. The standard InChI is InChI=1S/C34H42N3O10PS/c38-17-7-3-1-5-15-35-22-46-48(43,44)45-18-8-4-2-6-16-36-34(49)37-23-9-12-26(29(19-23)33(41)42)32-27-13-10-24(39)20-30(27)47-31-21-25(40)11-14-28(31)32/h9-14,19-21,35,38-39H,1-8,15-18,22H2,(H,41,42)(H,43,44)(H2,36,37,49)/p-1. The predicted octanol–water partition coefficient (Wildman–Crippen LogP) is 5.42. The number of thiocarbonyl (C=S) groups is 1. The van der Waals surface area contributed by atoms with Crippen LogP contribution in [0.4, 0.5) is 5.69 Å². The first-order chi connectivity index (χ1) is 23.6. The zero-order chi connectivity index (χ0) is 35.2. The number of benzene rings is 3. The number of aliphatic hydroxyl groups excluding tert-OH is 1. The Hall–Kier alpha value is -3.88. The third-order valence-corrected chi connectivity index (χ3v) is 8.84. The number of aliphatic hydroxyl groups is 1. The number of phosphoric ester groups is 1. The van der Waals surface area contributed by atoms with Crippen molar-refractivity contribution in [1.82, 2.24) is 10.6 Å². The molecule has 264 valence electrons. The molecule has 1 aliphatic heterocycles. The summed E-state index contributed by atoms with van der Waals surface area (Å²) in [7, 11) is -4.37. The Labute approximate surface area is 289 Å². The second kappa shape index (κ2) is 18.8. The Morgan fingerprint density at radius 2 is 1.63 bits per heavy atom. The van der Waals surface area contributed by atoms with Crippen LogP contribution in [0.5, 0.6) is 5.75 Å². The highest BCUT2D eigenvalue weighted by Crippen LogP contribution is 2.42. The largest absolute Gasteiger partial charge is 0.756 e. The highest BCUT2D eigenvalue weighted by molar-refractivity contribution is 7.80. The third-order valence-electron chi connectivity index (χ3n) is 7.65. The van der Waals surface area contributed by atoms with E-state index in [0.29, 0.717) is 58.0 Å². The number of rotatable bonds is 20. The maximum absolute atomic E-state index is 12.4. The van der Waals surface area contributed by atoms with Gasteiger partial charge < -0.3 is 44.3 Å². The summed E-state index contributed by atoms with van der Waals surface area (Å²) in [5.41, 5.74) is 1.98. The maximum atomic E-state index is 12.4. The second-order valence-corrected chi connectivity index (χ2v) is 13.2. The van der Waals surface area contributed by atoms with Gasteiger partial charge in [0.1, 0.15) is 23.8 Å². The molecule has 0 bridgehead atoms. The number of nitrogens with one attached hydrogen (secondary N) is 3. The SMILES string of the molecule is O=C(O)c1cc(NC(=S)NCCCCCCOP(=O)([O-])OCNCCCCCCO)ccc1-c1c2ccc(=O)cc-2oc2cc(O)ccc12. The Morgan fingerprint density at radius 3 is 2.41 bits per heavy atom. The molecule has 0 amide bonds. The van der Waals surface area contributed by atoms with Crippen molar-refractivity contribution in [2.75, 3.05) is 38.4 Å². The van der Waals surface area contributed by atoms with Crippen LogP contribution in [0.2, 0.25) is 0 Å². The van der Waals surface area contributed by atoms with E-state index < -0.39 is 13.8 Å². The average molecular weight is 715 g/mol. The molecule has 1 heterocycles. The second-order valence-electron chi connectivity index (χ2n) is 11.4. The van der Waals surface area contributed by atoms with Crippen molar-refractivity contribution < 1.29 is 43.0 Å². The Kier molecular flexibility index (Phi) is 14.5. The number of hydrogen-bond donors (Lipinski definition) is 6. The van der Waals surface area contributed by atoms with Gasteiger partial charge in [-0.1, -0.05) is 31.7 Å². The number of fused-ring (bicyclic) bond motifs is 2. The van der Waals surface area contributed by atoms with Gasteiger partial charge in [-0.15, -0.1) is 0 Å². The van der Waals surface area contributed by atoms with E-state index >= 15 is 0 Å². The van der Waals surface area contributed by atoms with Crippen LogP contribution in [0.1, 0.15) is 61.7 Å². The van der Waals surface area contributed by atoms with E-state index in [0.717, 1.165) is 44.9 Å². The fraction of sp³-hybridized carbons (Fsp3) is 0.382. The summed E-state index contributed by atoms with van der Waals surface area (Å²) in [5.74, 6) is -0.940. The highest BCUT2D eigenvalue weighted by Gasteiger charge is 2.22. The van der Waals surface area contributed by atoms with E-state index in [1.165, 1.54) is 30.3 Å². The van der Waals surface area contributed by atoms with E-state index in [2.05, 4.69) is 16.0 Å². The van der Waals surface area contributed by atoms with E-state index in [4.69, 9.17) is 30.8 Å². The summed E-state index contributed by atoms with van der Waals surface area (Å²) in [6.07, 6.45) is 6.34. The monoisotopic (exact) mass is 714 g/mol. The van der Waals surface area contributed by atoms with Crippen LogP contribution in [0.25, 0.3) is 33.4 Å². The number of hydrogen-bond acceptors (Lipinski definition) is 11. The number of carbonyl (C=O) groups is 1. The summed E-state index contributed by atoms with van der Waals surface area (Å²) in [5, 5.41) is 38.8. The Bertz CT molecular complexity index is 1800. The number of carboxylic acid groups (broad SMARTS) is 1. The number of phenols is 1. The molecule has 13 nitrogen and oxygen atoms in total. The van der Waals surface area contributed by atoms with Crippen molar-refractivity contribution in [3.8, 4) is 28.2 Å². The van der Waals surface area contributed by atoms with Crippen molar-refractivity contribution in [1.29, 1.82) is 0 Å². The number of phenolic OH excluding ortho intramolecular Hbond substituents is 1. The number of phosphoric acid groups is 1. The number of unbranched alkanes of at least 4 members (excludes halogenated alkanes) is 6. The van der Waals surface area contributed by atoms with Crippen LogP contribution in [0.3, 0.4) is 0 Å². The molecule has 4 rings (SSSR count). The lowest BCUT2D eigenvalue weighted by molar-refractivity contribution is -0.226. The van der Waals surface area contributed by atoms with Crippen LogP contribution >= 0.6 is 20.0 Å². The minimum absolute atomic E-state index is 0.00214. The van der Waals surface area contributed by atoms with Crippen molar-refractivity contribution in [3.05, 3.63) is 70.4 Å². The molecule has 0 radical (unpaired) electrons. The molecule has 49 heavy (non-hydrogen) atoms. The van der Waals surface area contributed by atoms with Gasteiger partial charge in [-0.3, -0.25) is 14.7 Å². The lowest BCUT2D eigenvalue weighted by Gasteiger charge is -2.22. The smallest absolute Gasteiger partial charge is 0.336 e. The summed E-state index contributed by atoms with van der Waals surface area (Å²) in [6, 6.07) is 13.7. The van der Waals surface area contributed by atoms with Crippen molar-refractivity contribution in [3.63, 3.8) is 0 Å². The van der Waals surface area contributed by atoms with Gasteiger partial charge in [0.25, 0.3) is 7.82 Å². The molecule has 1 unspecified atom stereocenters. The predicted molar refractivity (Wildman–Crippen MR) is 189 cm³/mol. The molecule has 2 aliphatic rings. The van der Waals surface area contributed by atoms with Gasteiger partial charge in [-0.25, -0.2) is 4.79 Å². The van der Waals surface area contributed by atoms with Gasteiger partial charge in [0.05, 0.1) is 12.2 Å². The molecule has 2 aromatic rings. The molecule has 2 aromatic carbocycles. The normalized spacial score (nSPS) is 12.6. The first-order valence-electron chi connectivity index (χ1n) is 16.1. The van der Waals surface area contributed by atoms with Crippen molar-refractivity contribution in [2.45, 2.75) is 51.4 Å². The van der Waals surface area contributed by atoms with E-state index in [9.17, 15) is 29.3 Å². The zero-order valence-electron chi connectivity index (χ0n) is 26.9. The van der Waals surface area contributed by atoms with Gasteiger partial charge in [-0.05, 0) is 86.4 Å². The fourth-order valence-electron chi connectivity index (χ4n) is 5.25. The van der Waals surface area contributed by atoms with Crippen LogP contribution in [-0.4, -0.2) is 59.4 Å². The lowest BCUT2D eigenvalue weighted by atomic mass is 9.90. The minimum atomic E-state index is -4.37. The van der Waals surface area contributed by atoms with Gasteiger partial charge in [0.2, 0.25) is 0 Å². The summed E-state index contributed by atoms with van der Waals surface area (Å²) >= 11 is 5.41. The van der Waals surface area contributed by atoms with Crippen LogP contribution < -0.4 is 26.3 Å². The topological polar surface area (TPSA) is 203 Å². The molecule has 0 saturated heterocycles. The van der Waals surface area contributed by atoms with Crippen LogP contribution in [-0.2, 0) is 13.6 Å². The molecule has 15 heteroatoms. The van der Waals surface area contributed by atoms with Crippen molar-refractivity contribution in [2.24, 2.45) is 0 Å². The summed E-state index contributed by atoms with van der Waals surface area (Å²) in [6.45, 7) is 1.23. The summed E-state index contributed by atoms with van der Waals surface area (Å²) in [4.78, 5) is 36.4. The molecule has 0 aromatic heterocycles. The number of carboxylic acids is 1. The number of anilines is 1. The lowest BCUT2D eigenvalue weighted by Crippen LogP contribution is -2.29. The molecule has 6 N–H and O–H groups in total. The van der Waals surface area contributed by atoms with E-state index in [1.807, 2.05) is 0 Å². The molecule has 1 atom stereocenters. The number of aromatic hydroxyl groups is 1. The third kappa shape index (κ3) is 11.6. The van der Waals surface area contributed by atoms with Crippen LogP contribution in [0, 0.1) is 0 Å². The van der Waals surface area contributed by atoms with E-state index in [-0.39, 0.29) is 42.4 Å². The molecular weight excluding hydrogens is 673 g/mol. The molecule has 0 spiro atoms. The first-order valence-corrected chi connectivity index (χ1v) is 18.0. The highest BCUT2D eigenvalue weighted by atomic mass is 32.1. The van der Waals surface area contributed by atoms with Crippen LogP contribution in [0.15, 0.2) is 63.8 Å². The minimum Gasteiger partial charge on any atom is -0.756 e. The molecule has 0 fully saturated rings. The Balaban J connectivity index is 1.23. The average Bonchev–Trinajstić information content (AvgIpc) is 3.06. The van der Waals surface area contributed by atoms with Gasteiger partial charge >= 0.3 is 5.97 Å². The van der Waals surface area contributed by atoms with Gasteiger partial charge in [0.15, 0.2) is 10.5 Å². The summed E-state index contributed by atoms with van der Waals surface area (Å²) < 4.78 is 27.5. The number of aromatic carboxylic acids is 1.